The molecule has 0 N–H and O–H groups in total. The molecule has 0 rings (SSSR count). The van der Waals surface area contributed by atoms with E-state index in [1.807, 2.05) is 0 Å². The lowest BCUT2D eigenvalue weighted by atomic mass is 11.4. The summed E-state index contributed by atoms with van der Waals surface area (Å²) in [6.45, 7) is 3.11. The smallest absolute Gasteiger partial charge is 0.0269 e. The zero-order valence-electron chi connectivity index (χ0n) is 2.56. The van der Waals surface area contributed by atoms with Crippen LogP contribution in [-0.2, 0) is 0 Å². The van der Waals surface area contributed by atoms with Crippen LogP contribution in [0.5, 0.6) is 0 Å². The lowest BCUT2D eigenvalue weighted by molar-refractivity contribution is 1.49. The normalized spacial score (nSPS) is 3.25. The van der Waals surface area contributed by atoms with Gasteiger partial charge in [0.1, 0.15) is 0 Å². The molecule has 0 aromatic carbocycles. The van der Waals surface area contributed by atoms with Gasteiger partial charge in [-0.15, -0.1) is 12.4 Å². The molecule has 0 spiro atoms. The zero-order valence-corrected chi connectivity index (χ0v) is 3.38. The molecule has 0 aliphatic rings. The predicted octanol–water partition coefficient (Wildman–Crippen LogP) is 0.739. The minimum Gasteiger partial charge on any atom is -0.304 e. The first-order valence-corrected chi connectivity index (χ1v) is 0.763. The van der Waals surface area contributed by atoms with Crippen LogP contribution in [0, 0.1) is 0 Å². The first-order valence-electron chi connectivity index (χ1n) is 0.763. The number of halogens is 1. The third-order valence-corrected chi connectivity index (χ3v) is 0. The molecule has 0 aliphatic heterocycles. The fraction of sp³-hybridized carbons (Fsp3) is 0.500. The van der Waals surface area contributed by atoms with Crippen LogP contribution in [0.1, 0.15) is 0 Å². The van der Waals surface area contributed by atoms with Crippen LogP contribution in [0.3, 0.4) is 0 Å². The van der Waals surface area contributed by atoms with Crippen LogP contribution in [0.4, 0.5) is 0 Å². The molecule has 0 radical (unpaired) electrons. The first kappa shape index (κ1) is 9.03. The van der Waals surface area contributed by atoms with Gasteiger partial charge in [-0.3, -0.25) is 0 Å². The third kappa shape index (κ3) is 1130. The van der Waals surface area contributed by atoms with Crippen molar-refractivity contribution in [1.29, 1.82) is 0 Å². The van der Waals surface area contributed by atoms with E-state index in [0.29, 0.717) is 0 Å². The molecule has 0 bridgehead atoms. The fourth-order valence-electron chi connectivity index (χ4n) is 0. The van der Waals surface area contributed by atoms with E-state index in [1.165, 1.54) is 0 Å². The highest BCUT2D eigenvalue weighted by molar-refractivity contribution is 5.85. The van der Waals surface area contributed by atoms with Gasteiger partial charge in [-0.2, -0.15) is 0 Å². The molecule has 0 atom stereocenters. The van der Waals surface area contributed by atoms with E-state index in [-0.39, 0.29) is 12.4 Å². The van der Waals surface area contributed by atoms with Gasteiger partial charge < -0.3 is 4.99 Å². The van der Waals surface area contributed by atoms with Crippen molar-refractivity contribution in [1.82, 2.24) is 0 Å². The van der Waals surface area contributed by atoms with Crippen LogP contribution >= 0.6 is 12.4 Å². The SMILES string of the molecule is C=NC.Cl. The van der Waals surface area contributed by atoms with Crippen LogP contribution < -0.4 is 0 Å². The highest BCUT2D eigenvalue weighted by Gasteiger charge is 1.09. The van der Waals surface area contributed by atoms with Gasteiger partial charge in [0, 0.05) is 7.05 Å². The summed E-state index contributed by atoms with van der Waals surface area (Å²) in [4.78, 5) is 3.25. The van der Waals surface area contributed by atoms with Crippen molar-refractivity contribution < 1.29 is 0 Å². The maximum atomic E-state index is 3.25. The number of nitrogens with zero attached hydrogens (tertiary/aromatic N) is 1. The summed E-state index contributed by atoms with van der Waals surface area (Å²) in [5.41, 5.74) is 0. The lowest BCUT2D eigenvalue weighted by Crippen LogP contribution is -1.26. The van der Waals surface area contributed by atoms with E-state index in [9.17, 15) is 0 Å². The van der Waals surface area contributed by atoms with Crippen molar-refractivity contribution in [3.63, 3.8) is 0 Å². The number of hydrogen-bond acceptors (Lipinski definition) is 1. The van der Waals surface area contributed by atoms with Crippen LogP contribution in [0.15, 0.2) is 4.99 Å². The number of aliphatic imine (C=N–C) groups is 1. The van der Waals surface area contributed by atoms with Gasteiger partial charge >= 0.3 is 0 Å². The van der Waals surface area contributed by atoms with Crippen LogP contribution in [-0.4, -0.2) is 13.8 Å². The largest absolute Gasteiger partial charge is 0.304 e. The molecule has 4 heavy (non-hydrogen) atoms. The second kappa shape index (κ2) is 12.3. The molecular weight excluding hydrogens is 73.5 g/mol. The molecule has 0 heterocycles. The molecule has 0 fully saturated rings. The van der Waals surface area contributed by atoms with E-state index in [2.05, 4.69) is 11.7 Å². The van der Waals surface area contributed by atoms with Crippen molar-refractivity contribution >= 4 is 19.1 Å². The minimum absolute atomic E-state index is 0. The summed E-state index contributed by atoms with van der Waals surface area (Å²) in [7, 11) is 1.64. The quantitative estimate of drug-likeness (QED) is 0.380. The van der Waals surface area contributed by atoms with Crippen molar-refractivity contribution in [2.24, 2.45) is 4.99 Å². The summed E-state index contributed by atoms with van der Waals surface area (Å²) in [6.07, 6.45) is 0. The molecule has 0 unspecified atom stereocenters. The monoisotopic (exact) mass is 79.0 g/mol. The highest BCUT2D eigenvalue weighted by Crippen LogP contribution is 1.22. The summed E-state index contributed by atoms with van der Waals surface area (Å²) in [5, 5.41) is 0. The molecule has 0 aromatic heterocycles. The first-order chi connectivity index (χ1) is 1.41. The van der Waals surface area contributed by atoms with E-state index in [4.69, 9.17) is 0 Å². The van der Waals surface area contributed by atoms with E-state index in [1.54, 1.807) is 7.05 Å². The van der Waals surface area contributed by atoms with E-state index >= 15 is 0 Å². The zero-order chi connectivity index (χ0) is 2.71. The molecule has 0 aromatic rings. The Morgan fingerprint density at radius 3 is 1.75 bits per heavy atom. The second-order valence-corrected chi connectivity index (χ2v) is 0.316. The average molecular weight is 79.5 g/mol. The summed E-state index contributed by atoms with van der Waals surface area (Å²) in [6, 6.07) is 0. The standard InChI is InChI=1S/C2H5N.ClH/c1-3-2;/h1H2,2H3;1H. The van der Waals surface area contributed by atoms with Gasteiger partial charge in [0.05, 0.1) is 0 Å². The summed E-state index contributed by atoms with van der Waals surface area (Å²) >= 11 is 0. The van der Waals surface area contributed by atoms with Crippen molar-refractivity contribution in [3.05, 3.63) is 0 Å². The molecule has 1 nitrogen and oxygen atoms in total. The Morgan fingerprint density at radius 2 is 1.75 bits per heavy atom. The Morgan fingerprint density at radius 1 is 1.75 bits per heavy atom. The van der Waals surface area contributed by atoms with Gasteiger partial charge in [0.15, 0.2) is 0 Å². The Labute approximate surface area is 32.2 Å². The molecular formula is C2H6ClN. The molecule has 0 amide bonds. The molecule has 2 heteroatoms. The molecule has 0 aliphatic carbocycles. The van der Waals surface area contributed by atoms with E-state index in [0.717, 1.165) is 0 Å². The van der Waals surface area contributed by atoms with Crippen molar-refractivity contribution in [3.8, 4) is 0 Å². The van der Waals surface area contributed by atoms with Gasteiger partial charge in [-0.05, 0) is 6.72 Å². The maximum absolute atomic E-state index is 3.25. The van der Waals surface area contributed by atoms with Crippen LogP contribution in [0.2, 0.25) is 0 Å². The van der Waals surface area contributed by atoms with Gasteiger partial charge in [-0.25, -0.2) is 0 Å². The Kier molecular flexibility index (Phi) is 27.9. The third-order valence-electron chi connectivity index (χ3n) is 0. The van der Waals surface area contributed by atoms with E-state index < -0.39 is 0 Å². The van der Waals surface area contributed by atoms with Gasteiger partial charge in [0.2, 0.25) is 0 Å². The van der Waals surface area contributed by atoms with Gasteiger partial charge in [0.25, 0.3) is 0 Å². The summed E-state index contributed by atoms with van der Waals surface area (Å²) < 4.78 is 0. The molecule has 0 saturated heterocycles. The Balaban J connectivity index is 0. The average Bonchev–Trinajstić information content (AvgIpc) is 0.918. The minimum atomic E-state index is 0. The Bertz CT molecular complexity index is 13.5. The number of hydrogen-bond donors (Lipinski definition) is 0. The topological polar surface area (TPSA) is 12.4 Å². The molecule has 26 valence electrons. The molecule has 0 saturated carbocycles. The fourth-order valence-corrected chi connectivity index (χ4v) is 0. The van der Waals surface area contributed by atoms with Crippen LogP contribution in [0.25, 0.3) is 0 Å². The summed E-state index contributed by atoms with van der Waals surface area (Å²) in [5.74, 6) is 0. The highest BCUT2D eigenvalue weighted by atomic mass is 35.5. The second-order valence-electron chi connectivity index (χ2n) is 0.316. The number of rotatable bonds is 0. The maximum Gasteiger partial charge on any atom is 0.0269 e. The lowest BCUT2D eigenvalue weighted by Gasteiger charge is -1.38. The van der Waals surface area contributed by atoms with Crippen molar-refractivity contribution in [2.45, 2.75) is 0 Å². The predicted molar refractivity (Wildman–Crippen MR) is 22.7 cm³/mol. The van der Waals surface area contributed by atoms with Crippen molar-refractivity contribution in [2.75, 3.05) is 7.05 Å². The Hall–Kier alpha value is -0.0400. The van der Waals surface area contributed by atoms with Gasteiger partial charge in [-0.1, -0.05) is 0 Å².